The number of carbonyl (C=O) groups excluding carboxylic acids is 1. The van der Waals surface area contributed by atoms with E-state index in [1.807, 2.05) is 24.3 Å². The van der Waals surface area contributed by atoms with Gasteiger partial charge in [-0.15, -0.1) is 0 Å². The summed E-state index contributed by atoms with van der Waals surface area (Å²) in [5.41, 5.74) is 1.04. The van der Waals surface area contributed by atoms with E-state index in [9.17, 15) is 4.79 Å². The molecule has 1 fully saturated rings. The zero-order valence-corrected chi connectivity index (χ0v) is 14.4. The summed E-state index contributed by atoms with van der Waals surface area (Å²) in [6.45, 7) is 1.22. The molecule has 0 radical (unpaired) electrons. The van der Waals surface area contributed by atoms with Crippen LogP contribution in [0.15, 0.2) is 28.7 Å². The third kappa shape index (κ3) is 4.53. The summed E-state index contributed by atoms with van der Waals surface area (Å²) in [6.07, 6.45) is 4.98. The van der Waals surface area contributed by atoms with Crippen molar-refractivity contribution < 1.29 is 4.79 Å². The van der Waals surface area contributed by atoms with Gasteiger partial charge in [0.05, 0.1) is 6.54 Å². The normalized spacial score (nSPS) is 17.1. The fourth-order valence-electron chi connectivity index (χ4n) is 3.00. The first-order chi connectivity index (χ1) is 10.0. The highest BCUT2D eigenvalue weighted by atomic mass is 79.9. The zero-order chi connectivity index (χ0) is 15.3. The molecule has 0 bridgehead atoms. The summed E-state index contributed by atoms with van der Waals surface area (Å²) < 4.78 is 0.964. The maximum absolute atomic E-state index is 12.0. The number of carbonyl (C=O) groups is 1. The van der Waals surface area contributed by atoms with E-state index < -0.39 is 0 Å². The van der Waals surface area contributed by atoms with Crippen LogP contribution < -0.4 is 10.6 Å². The summed E-state index contributed by atoms with van der Waals surface area (Å²) in [4.78, 5) is 14.3. The van der Waals surface area contributed by atoms with Gasteiger partial charge < -0.3 is 15.5 Å². The largest absolute Gasteiger partial charge is 0.325 e. The summed E-state index contributed by atoms with van der Waals surface area (Å²) in [7, 11) is 4.27. The van der Waals surface area contributed by atoms with Crippen molar-refractivity contribution in [2.24, 2.45) is 0 Å². The fraction of sp³-hybridized carbons (Fsp3) is 0.562. The van der Waals surface area contributed by atoms with Gasteiger partial charge in [-0.05, 0) is 45.1 Å². The van der Waals surface area contributed by atoms with Crippen LogP contribution in [0.25, 0.3) is 0 Å². The van der Waals surface area contributed by atoms with Crippen LogP contribution in [0, 0.1) is 0 Å². The van der Waals surface area contributed by atoms with E-state index in [1.165, 1.54) is 25.7 Å². The lowest BCUT2D eigenvalue weighted by atomic mass is 9.96. The Morgan fingerprint density at radius 1 is 1.33 bits per heavy atom. The van der Waals surface area contributed by atoms with E-state index in [0.717, 1.165) is 16.7 Å². The number of rotatable bonds is 6. The van der Waals surface area contributed by atoms with Crippen molar-refractivity contribution in [3.05, 3.63) is 28.7 Å². The van der Waals surface area contributed by atoms with E-state index in [2.05, 4.69) is 45.6 Å². The quantitative estimate of drug-likeness (QED) is 0.826. The predicted molar refractivity (Wildman–Crippen MR) is 90.5 cm³/mol. The predicted octanol–water partition coefficient (Wildman–Crippen LogP) is 2.85. The molecule has 116 valence electrons. The van der Waals surface area contributed by atoms with Gasteiger partial charge in [-0.2, -0.15) is 0 Å². The highest BCUT2D eigenvalue weighted by Crippen LogP contribution is 2.32. The first-order valence-corrected chi connectivity index (χ1v) is 8.25. The second kappa shape index (κ2) is 7.38. The minimum Gasteiger partial charge on any atom is -0.325 e. The van der Waals surface area contributed by atoms with Gasteiger partial charge in [0.2, 0.25) is 5.91 Å². The smallest absolute Gasteiger partial charge is 0.238 e. The Balaban J connectivity index is 1.79. The van der Waals surface area contributed by atoms with Crippen molar-refractivity contribution in [1.82, 2.24) is 10.2 Å². The minimum absolute atomic E-state index is 0.00000283. The average Bonchev–Trinajstić information content (AvgIpc) is 2.89. The topological polar surface area (TPSA) is 44.4 Å². The molecule has 0 unspecified atom stereocenters. The highest BCUT2D eigenvalue weighted by molar-refractivity contribution is 9.10. The second-order valence-electron chi connectivity index (χ2n) is 5.99. The monoisotopic (exact) mass is 353 g/mol. The van der Waals surface area contributed by atoms with Gasteiger partial charge in [0.25, 0.3) is 0 Å². The van der Waals surface area contributed by atoms with E-state index in [4.69, 9.17) is 0 Å². The molecule has 0 heterocycles. The minimum atomic E-state index is 0.00000283. The molecule has 2 rings (SSSR count). The Labute approximate surface area is 135 Å². The van der Waals surface area contributed by atoms with Crippen molar-refractivity contribution in [3.8, 4) is 0 Å². The molecule has 2 N–H and O–H groups in total. The highest BCUT2D eigenvalue weighted by Gasteiger charge is 2.35. The number of nitrogens with zero attached hydrogens (tertiary/aromatic N) is 1. The summed E-state index contributed by atoms with van der Waals surface area (Å²) in [6, 6.07) is 7.64. The molecule has 1 saturated carbocycles. The second-order valence-corrected chi connectivity index (χ2v) is 6.90. The SMILES string of the molecule is CN(C)C1(CNCC(=O)Nc2cccc(Br)c2)CCCC1. The van der Waals surface area contributed by atoms with Gasteiger partial charge in [0.1, 0.15) is 0 Å². The number of anilines is 1. The molecular formula is C16H24BrN3O. The van der Waals surface area contributed by atoms with Crippen LogP contribution >= 0.6 is 15.9 Å². The third-order valence-electron chi connectivity index (χ3n) is 4.33. The Hall–Kier alpha value is -0.910. The molecule has 1 aromatic rings. The Bertz CT molecular complexity index is 484. The lowest BCUT2D eigenvalue weighted by Gasteiger charge is -2.36. The standard InChI is InChI=1S/C16H24BrN3O/c1-20(2)16(8-3-4-9-16)12-18-11-15(21)19-14-7-5-6-13(17)10-14/h5-7,10,18H,3-4,8-9,11-12H2,1-2H3,(H,19,21). The van der Waals surface area contributed by atoms with E-state index >= 15 is 0 Å². The number of nitrogens with one attached hydrogen (secondary N) is 2. The summed E-state index contributed by atoms with van der Waals surface area (Å²) in [5.74, 6) is 0.00000283. The number of halogens is 1. The molecule has 1 amide bonds. The molecule has 1 aliphatic carbocycles. The van der Waals surface area contributed by atoms with E-state index in [-0.39, 0.29) is 11.4 Å². The van der Waals surface area contributed by atoms with Crippen LogP contribution in [0.4, 0.5) is 5.69 Å². The molecule has 1 aromatic carbocycles. The molecule has 5 heteroatoms. The van der Waals surface area contributed by atoms with Crippen LogP contribution in [0.1, 0.15) is 25.7 Å². The molecule has 1 aliphatic rings. The lowest BCUT2D eigenvalue weighted by molar-refractivity contribution is -0.115. The number of benzene rings is 1. The van der Waals surface area contributed by atoms with Gasteiger partial charge in [0, 0.05) is 22.2 Å². The van der Waals surface area contributed by atoms with Crippen LogP contribution in [0.3, 0.4) is 0 Å². The Morgan fingerprint density at radius 2 is 2.05 bits per heavy atom. The number of amides is 1. The molecule has 21 heavy (non-hydrogen) atoms. The summed E-state index contributed by atoms with van der Waals surface area (Å²) >= 11 is 3.40. The molecule has 0 spiro atoms. The van der Waals surface area contributed by atoms with Crippen molar-refractivity contribution >= 4 is 27.5 Å². The van der Waals surface area contributed by atoms with Crippen molar-refractivity contribution in [1.29, 1.82) is 0 Å². The van der Waals surface area contributed by atoms with Crippen LogP contribution in [0.2, 0.25) is 0 Å². The van der Waals surface area contributed by atoms with E-state index in [0.29, 0.717) is 6.54 Å². The van der Waals surface area contributed by atoms with Gasteiger partial charge >= 0.3 is 0 Å². The Morgan fingerprint density at radius 3 is 2.67 bits per heavy atom. The van der Waals surface area contributed by atoms with Gasteiger partial charge in [0.15, 0.2) is 0 Å². The zero-order valence-electron chi connectivity index (χ0n) is 12.8. The van der Waals surface area contributed by atoms with Crippen molar-refractivity contribution in [3.63, 3.8) is 0 Å². The number of hydrogen-bond donors (Lipinski definition) is 2. The van der Waals surface area contributed by atoms with Gasteiger partial charge in [-0.3, -0.25) is 4.79 Å². The number of likely N-dealkylation sites (N-methyl/N-ethyl adjacent to an activating group) is 1. The number of hydrogen-bond acceptors (Lipinski definition) is 3. The molecule has 0 aromatic heterocycles. The third-order valence-corrected chi connectivity index (χ3v) is 4.82. The lowest BCUT2D eigenvalue weighted by Crippen LogP contribution is -2.50. The fourth-order valence-corrected chi connectivity index (χ4v) is 3.39. The van der Waals surface area contributed by atoms with Gasteiger partial charge in [-0.25, -0.2) is 0 Å². The van der Waals surface area contributed by atoms with E-state index in [1.54, 1.807) is 0 Å². The molecule has 0 atom stereocenters. The first-order valence-electron chi connectivity index (χ1n) is 7.45. The first kappa shape index (κ1) is 16.5. The maximum Gasteiger partial charge on any atom is 0.238 e. The average molecular weight is 354 g/mol. The molecule has 4 nitrogen and oxygen atoms in total. The molecule has 0 saturated heterocycles. The molecular weight excluding hydrogens is 330 g/mol. The molecule has 0 aliphatic heterocycles. The van der Waals surface area contributed by atoms with Crippen LogP contribution in [0.5, 0.6) is 0 Å². The Kier molecular flexibility index (Phi) is 5.79. The van der Waals surface area contributed by atoms with Crippen molar-refractivity contribution in [2.75, 3.05) is 32.5 Å². The van der Waals surface area contributed by atoms with Gasteiger partial charge in [-0.1, -0.05) is 34.8 Å². The van der Waals surface area contributed by atoms with Crippen LogP contribution in [-0.2, 0) is 4.79 Å². The maximum atomic E-state index is 12.0. The summed E-state index contributed by atoms with van der Waals surface area (Å²) in [5, 5.41) is 6.22. The van der Waals surface area contributed by atoms with Crippen LogP contribution in [-0.4, -0.2) is 43.5 Å². The van der Waals surface area contributed by atoms with Crippen molar-refractivity contribution in [2.45, 2.75) is 31.2 Å².